The predicted molar refractivity (Wildman–Crippen MR) is 98.7 cm³/mol. The lowest BCUT2D eigenvalue weighted by molar-refractivity contribution is -0.137. The van der Waals surface area contributed by atoms with Crippen molar-refractivity contribution in [3.8, 4) is 0 Å². The summed E-state index contributed by atoms with van der Waals surface area (Å²) in [6.45, 7) is 2.53. The molecule has 0 spiro atoms. The van der Waals surface area contributed by atoms with Gasteiger partial charge >= 0.3 is 6.18 Å². The molecule has 7 heteroatoms. The van der Waals surface area contributed by atoms with E-state index in [9.17, 15) is 18.0 Å². The first-order valence-electron chi connectivity index (χ1n) is 8.76. The third-order valence-electron chi connectivity index (χ3n) is 4.72. The van der Waals surface area contributed by atoms with E-state index in [4.69, 9.17) is 11.6 Å². The number of carbonyl (C=O) groups excluding carboxylic acids is 1. The Hall–Kier alpha value is -2.05. The zero-order chi connectivity index (χ0) is 19.4. The van der Waals surface area contributed by atoms with Crippen LogP contribution in [0.5, 0.6) is 0 Å². The minimum Gasteiger partial charge on any atom is -0.349 e. The minimum absolute atomic E-state index is 0.0289. The Labute approximate surface area is 161 Å². The van der Waals surface area contributed by atoms with Crippen molar-refractivity contribution in [2.45, 2.75) is 31.6 Å². The fraction of sp³-hybridized carbons (Fsp3) is 0.350. The van der Waals surface area contributed by atoms with E-state index >= 15 is 0 Å². The number of benzene rings is 2. The maximum absolute atomic E-state index is 12.6. The molecule has 0 aliphatic carbocycles. The lowest BCUT2D eigenvalue weighted by Gasteiger charge is -2.32. The summed E-state index contributed by atoms with van der Waals surface area (Å²) in [7, 11) is 0. The van der Waals surface area contributed by atoms with Crippen LogP contribution in [-0.4, -0.2) is 29.9 Å². The van der Waals surface area contributed by atoms with Crippen LogP contribution in [-0.2, 0) is 12.7 Å². The van der Waals surface area contributed by atoms with Gasteiger partial charge in [-0.25, -0.2) is 0 Å². The van der Waals surface area contributed by atoms with Gasteiger partial charge in [-0.3, -0.25) is 9.69 Å². The number of alkyl halides is 3. The Morgan fingerprint density at radius 1 is 1.04 bits per heavy atom. The second-order valence-corrected chi connectivity index (χ2v) is 7.16. The molecule has 27 heavy (non-hydrogen) atoms. The fourth-order valence-electron chi connectivity index (χ4n) is 3.16. The zero-order valence-electron chi connectivity index (χ0n) is 14.6. The van der Waals surface area contributed by atoms with Crippen LogP contribution in [0.25, 0.3) is 0 Å². The van der Waals surface area contributed by atoms with Crippen LogP contribution in [0.15, 0.2) is 48.5 Å². The molecule has 0 radical (unpaired) electrons. The molecular weight excluding hydrogens is 377 g/mol. The summed E-state index contributed by atoms with van der Waals surface area (Å²) in [6.07, 6.45) is -2.79. The molecule has 0 aromatic heterocycles. The molecule has 3 rings (SSSR count). The summed E-state index contributed by atoms with van der Waals surface area (Å²) < 4.78 is 37.8. The largest absolute Gasteiger partial charge is 0.416 e. The number of rotatable bonds is 4. The first kappa shape index (κ1) is 19.7. The molecule has 0 bridgehead atoms. The van der Waals surface area contributed by atoms with Gasteiger partial charge in [0, 0.05) is 36.3 Å². The summed E-state index contributed by atoms with van der Waals surface area (Å²) in [6, 6.07) is 12.1. The fourth-order valence-corrected chi connectivity index (χ4v) is 3.29. The summed E-state index contributed by atoms with van der Waals surface area (Å²) in [4.78, 5) is 14.6. The van der Waals surface area contributed by atoms with Crippen LogP contribution in [0.3, 0.4) is 0 Å². The highest BCUT2D eigenvalue weighted by Gasteiger charge is 2.30. The molecule has 2 aromatic rings. The van der Waals surface area contributed by atoms with Crippen molar-refractivity contribution in [1.29, 1.82) is 0 Å². The number of halogens is 4. The van der Waals surface area contributed by atoms with Gasteiger partial charge in [0.15, 0.2) is 0 Å². The van der Waals surface area contributed by atoms with Gasteiger partial charge in [-0.1, -0.05) is 23.7 Å². The lowest BCUT2D eigenvalue weighted by Crippen LogP contribution is -2.44. The van der Waals surface area contributed by atoms with Crippen molar-refractivity contribution < 1.29 is 18.0 Å². The van der Waals surface area contributed by atoms with Crippen molar-refractivity contribution in [2.75, 3.05) is 13.1 Å². The van der Waals surface area contributed by atoms with Gasteiger partial charge in [0.2, 0.25) is 0 Å². The molecule has 1 saturated heterocycles. The Kier molecular flexibility index (Phi) is 6.07. The van der Waals surface area contributed by atoms with Gasteiger partial charge < -0.3 is 5.32 Å². The molecule has 1 fully saturated rings. The Bertz CT molecular complexity index is 767. The first-order chi connectivity index (χ1) is 12.8. The maximum atomic E-state index is 12.6. The SMILES string of the molecule is O=C(NC1CCN(Cc2ccc(Cl)cc2)CC1)c1ccc(C(F)(F)F)cc1. The van der Waals surface area contributed by atoms with E-state index in [2.05, 4.69) is 10.2 Å². The van der Waals surface area contributed by atoms with E-state index in [0.29, 0.717) is 5.02 Å². The molecule has 144 valence electrons. The van der Waals surface area contributed by atoms with Crippen LogP contribution >= 0.6 is 11.6 Å². The average Bonchev–Trinajstić information content (AvgIpc) is 2.64. The van der Waals surface area contributed by atoms with Crippen molar-refractivity contribution in [3.05, 3.63) is 70.2 Å². The number of likely N-dealkylation sites (tertiary alicyclic amines) is 1. The van der Waals surface area contributed by atoms with Crippen LogP contribution < -0.4 is 5.32 Å². The number of carbonyl (C=O) groups is 1. The number of nitrogens with zero attached hydrogens (tertiary/aromatic N) is 1. The third kappa shape index (κ3) is 5.47. The van der Waals surface area contributed by atoms with Crippen molar-refractivity contribution in [3.63, 3.8) is 0 Å². The van der Waals surface area contributed by atoms with Gasteiger partial charge in [0.1, 0.15) is 0 Å². The number of piperidine rings is 1. The van der Waals surface area contributed by atoms with E-state index in [1.807, 2.05) is 24.3 Å². The number of hydrogen-bond acceptors (Lipinski definition) is 2. The van der Waals surface area contributed by atoms with Gasteiger partial charge in [0.25, 0.3) is 5.91 Å². The predicted octanol–water partition coefficient (Wildman–Crippen LogP) is 4.75. The van der Waals surface area contributed by atoms with E-state index < -0.39 is 11.7 Å². The molecule has 1 amide bonds. The van der Waals surface area contributed by atoms with Crippen molar-refractivity contribution in [1.82, 2.24) is 10.2 Å². The van der Waals surface area contributed by atoms with Crippen LogP contribution in [0.1, 0.15) is 34.3 Å². The highest BCUT2D eigenvalue weighted by Crippen LogP contribution is 2.29. The number of amides is 1. The summed E-state index contributed by atoms with van der Waals surface area (Å²) in [5.74, 6) is -0.333. The topological polar surface area (TPSA) is 32.3 Å². The zero-order valence-corrected chi connectivity index (χ0v) is 15.4. The normalized spacial score (nSPS) is 16.3. The molecular formula is C20H20ClF3N2O. The molecule has 3 nitrogen and oxygen atoms in total. The van der Waals surface area contributed by atoms with E-state index in [0.717, 1.165) is 44.6 Å². The van der Waals surface area contributed by atoms with Crippen LogP contribution in [0, 0.1) is 0 Å². The van der Waals surface area contributed by atoms with Gasteiger partial charge in [-0.05, 0) is 54.8 Å². The highest BCUT2D eigenvalue weighted by molar-refractivity contribution is 6.30. The number of hydrogen-bond donors (Lipinski definition) is 1. The van der Waals surface area contributed by atoms with E-state index in [1.165, 1.54) is 17.7 Å². The van der Waals surface area contributed by atoms with Crippen molar-refractivity contribution in [2.24, 2.45) is 0 Å². The van der Waals surface area contributed by atoms with Crippen LogP contribution in [0.4, 0.5) is 13.2 Å². The summed E-state index contributed by atoms with van der Waals surface area (Å²) in [5, 5.41) is 3.63. The smallest absolute Gasteiger partial charge is 0.349 e. The number of nitrogens with one attached hydrogen (secondary N) is 1. The van der Waals surface area contributed by atoms with E-state index in [-0.39, 0.29) is 17.5 Å². The lowest BCUT2D eigenvalue weighted by atomic mass is 10.0. The Morgan fingerprint density at radius 2 is 1.63 bits per heavy atom. The standard InChI is InChI=1S/C20H20ClF3N2O/c21-17-7-1-14(2-8-17)13-26-11-9-18(10-12-26)25-19(27)15-3-5-16(6-4-15)20(22,23)24/h1-8,18H,9-13H2,(H,25,27). The minimum atomic E-state index is -4.40. The average molecular weight is 397 g/mol. The Morgan fingerprint density at radius 3 is 2.19 bits per heavy atom. The van der Waals surface area contributed by atoms with Gasteiger partial charge in [-0.2, -0.15) is 13.2 Å². The van der Waals surface area contributed by atoms with Gasteiger partial charge in [0.05, 0.1) is 5.56 Å². The maximum Gasteiger partial charge on any atom is 0.416 e. The molecule has 0 atom stereocenters. The molecule has 1 heterocycles. The van der Waals surface area contributed by atoms with Crippen molar-refractivity contribution >= 4 is 17.5 Å². The summed E-state index contributed by atoms with van der Waals surface area (Å²) >= 11 is 5.89. The molecule has 2 aromatic carbocycles. The molecule has 1 aliphatic heterocycles. The third-order valence-corrected chi connectivity index (χ3v) is 4.97. The first-order valence-corrected chi connectivity index (χ1v) is 9.14. The molecule has 1 aliphatic rings. The van der Waals surface area contributed by atoms with Gasteiger partial charge in [-0.15, -0.1) is 0 Å². The van der Waals surface area contributed by atoms with Crippen LogP contribution in [0.2, 0.25) is 5.02 Å². The molecule has 0 saturated carbocycles. The second kappa shape index (κ2) is 8.31. The quantitative estimate of drug-likeness (QED) is 0.808. The van der Waals surface area contributed by atoms with E-state index in [1.54, 1.807) is 0 Å². The molecule has 0 unspecified atom stereocenters. The Balaban J connectivity index is 1.48. The second-order valence-electron chi connectivity index (χ2n) is 6.73. The summed E-state index contributed by atoms with van der Waals surface area (Å²) in [5.41, 5.74) is 0.674. The highest BCUT2D eigenvalue weighted by atomic mass is 35.5. The monoisotopic (exact) mass is 396 g/mol. The molecule has 1 N–H and O–H groups in total.